The van der Waals surface area contributed by atoms with E-state index >= 15 is 0 Å². The fourth-order valence-electron chi connectivity index (χ4n) is 3.90. The second-order valence-corrected chi connectivity index (χ2v) is 9.05. The summed E-state index contributed by atoms with van der Waals surface area (Å²) in [6, 6.07) is 14.9. The Morgan fingerprint density at radius 2 is 1.45 bits per heavy atom. The van der Waals surface area contributed by atoms with Crippen LogP contribution in [0.5, 0.6) is 0 Å². The van der Waals surface area contributed by atoms with Crippen LogP contribution in [0.3, 0.4) is 0 Å². The minimum atomic E-state index is 0.00871. The zero-order valence-electron chi connectivity index (χ0n) is 17.5. The third-order valence-corrected chi connectivity index (χ3v) is 6.59. The van der Waals surface area contributed by atoms with Crippen LogP contribution >= 0.6 is 11.8 Å². The van der Waals surface area contributed by atoms with E-state index in [-0.39, 0.29) is 5.91 Å². The average Bonchev–Trinajstić information content (AvgIpc) is 2.73. The summed E-state index contributed by atoms with van der Waals surface area (Å²) in [4.78, 5) is 12.2. The molecule has 1 saturated carbocycles. The molecule has 156 valence electrons. The molecule has 0 unspecified atom stereocenters. The first-order valence-electron chi connectivity index (χ1n) is 11.2. The summed E-state index contributed by atoms with van der Waals surface area (Å²) >= 11 is 1.65. The molecule has 29 heavy (non-hydrogen) atoms. The van der Waals surface area contributed by atoms with Gasteiger partial charge in [-0.05, 0) is 42.0 Å². The van der Waals surface area contributed by atoms with Gasteiger partial charge in [-0.3, -0.25) is 4.79 Å². The molecule has 0 radical (unpaired) electrons. The van der Waals surface area contributed by atoms with E-state index in [4.69, 9.17) is 0 Å². The van der Waals surface area contributed by atoms with Crippen molar-refractivity contribution in [1.29, 1.82) is 0 Å². The minimum Gasteiger partial charge on any atom is -0.272 e. The van der Waals surface area contributed by atoms with Gasteiger partial charge >= 0.3 is 0 Å². The van der Waals surface area contributed by atoms with Gasteiger partial charge in [0.05, 0.1) is 5.75 Å². The Labute approximate surface area is 179 Å². The maximum absolute atomic E-state index is 12.2. The van der Waals surface area contributed by atoms with Crippen molar-refractivity contribution in [2.45, 2.75) is 76.4 Å². The van der Waals surface area contributed by atoms with Crippen LogP contribution in [-0.2, 0) is 10.5 Å². The Hall–Kier alpha value is -1.81. The Bertz CT molecular complexity index is 788. The average molecular weight is 411 g/mol. The van der Waals surface area contributed by atoms with Crippen molar-refractivity contribution in [1.82, 2.24) is 5.43 Å². The van der Waals surface area contributed by atoms with Crippen LogP contribution in [0.2, 0.25) is 0 Å². The molecule has 1 N–H and O–H groups in total. The van der Waals surface area contributed by atoms with Gasteiger partial charge in [0.25, 0.3) is 0 Å². The Balaban J connectivity index is 1.41. The number of hydrogen-bond donors (Lipinski definition) is 1. The monoisotopic (exact) mass is 410 g/mol. The zero-order chi connectivity index (χ0) is 20.2. The highest BCUT2D eigenvalue weighted by Crippen LogP contribution is 2.19. The lowest BCUT2D eigenvalue weighted by Gasteiger charge is -2.10. The second kappa shape index (κ2) is 12.7. The molecule has 4 heteroatoms. The standard InChI is InChI=1S/C25H34N2OS/c28-25(20-29-19-21-16-17-22-12-10-11-13-23(22)18-21)27-26-24-14-8-6-4-2-1-3-5-7-9-15-24/h10-13,16-18H,1-9,14-15,19-20H2,(H,27,28). The number of nitrogens with zero attached hydrogens (tertiary/aromatic N) is 1. The molecule has 0 heterocycles. The molecular formula is C25H34N2OS. The van der Waals surface area contributed by atoms with Crippen molar-refractivity contribution >= 4 is 34.2 Å². The summed E-state index contributed by atoms with van der Waals surface area (Å²) in [5.41, 5.74) is 5.24. The first-order chi connectivity index (χ1) is 14.3. The zero-order valence-corrected chi connectivity index (χ0v) is 18.3. The lowest BCUT2D eigenvalue weighted by atomic mass is 10.00. The highest BCUT2D eigenvalue weighted by Gasteiger charge is 2.06. The number of amides is 1. The van der Waals surface area contributed by atoms with Crippen molar-refractivity contribution in [2.75, 3.05) is 5.75 Å². The van der Waals surface area contributed by atoms with E-state index in [0.29, 0.717) is 5.75 Å². The number of hydrazone groups is 1. The molecule has 1 amide bonds. The lowest BCUT2D eigenvalue weighted by molar-refractivity contribution is -0.118. The number of hydrogen-bond acceptors (Lipinski definition) is 3. The Kier molecular flexibility index (Phi) is 9.58. The van der Waals surface area contributed by atoms with Crippen LogP contribution < -0.4 is 5.43 Å². The number of benzene rings is 2. The normalized spacial score (nSPS) is 16.6. The first kappa shape index (κ1) is 21.9. The smallest absolute Gasteiger partial charge is 0.250 e. The topological polar surface area (TPSA) is 41.5 Å². The highest BCUT2D eigenvalue weighted by molar-refractivity contribution is 7.99. The van der Waals surface area contributed by atoms with Crippen molar-refractivity contribution in [3.05, 3.63) is 48.0 Å². The minimum absolute atomic E-state index is 0.00871. The number of carbonyl (C=O) groups is 1. The third kappa shape index (κ3) is 8.22. The molecule has 2 aromatic carbocycles. The maximum Gasteiger partial charge on any atom is 0.250 e. The van der Waals surface area contributed by atoms with Gasteiger partial charge in [0.15, 0.2) is 0 Å². The van der Waals surface area contributed by atoms with Gasteiger partial charge in [-0.1, -0.05) is 87.4 Å². The van der Waals surface area contributed by atoms with Gasteiger partial charge in [-0.2, -0.15) is 5.10 Å². The van der Waals surface area contributed by atoms with E-state index < -0.39 is 0 Å². The molecule has 3 rings (SSSR count). The predicted molar refractivity (Wildman–Crippen MR) is 126 cm³/mol. The van der Waals surface area contributed by atoms with Crippen LogP contribution in [0.4, 0.5) is 0 Å². The van der Waals surface area contributed by atoms with E-state index in [1.165, 1.54) is 79.8 Å². The molecule has 1 aliphatic rings. The van der Waals surface area contributed by atoms with E-state index in [0.717, 1.165) is 18.6 Å². The van der Waals surface area contributed by atoms with Gasteiger partial charge in [0.2, 0.25) is 5.91 Å². The molecule has 0 aliphatic heterocycles. The number of thioether (sulfide) groups is 1. The van der Waals surface area contributed by atoms with E-state index in [2.05, 4.69) is 53.0 Å². The first-order valence-corrected chi connectivity index (χ1v) is 12.4. The maximum atomic E-state index is 12.2. The summed E-state index contributed by atoms with van der Waals surface area (Å²) in [6.45, 7) is 0. The molecule has 1 aliphatic carbocycles. The molecular weight excluding hydrogens is 376 g/mol. The van der Waals surface area contributed by atoms with Gasteiger partial charge in [-0.25, -0.2) is 5.43 Å². The molecule has 1 fully saturated rings. The van der Waals surface area contributed by atoms with Crippen LogP contribution in [0.15, 0.2) is 47.6 Å². The number of fused-ring (bicyclic) bond motifs is 1. The lowest BCUT2D eigenvalue weighted by Crippen LogP contribution is -2.21. The number of nitrogens with one attached hydrogen (secondary N) is 1. The van der Waals surface area contributed by atoms with Crippen LogP contribution in [0, 0.1) is 0 Å². The quantitative estimate of drug-likeness (QED) is 0.548. The van der Waals surface area contributed by atoms with E-state index in [9.17, 15) is 4.79 Å². The number of rotatable bonds is 5. The Morgan fingerprint density at radius 1 is 0.828 bits per heavy atom. The molecule has 0 saturated heterocycles. The molecule has 0 atom stereocenters. The van der Waals surface area contributed by atoms with E-state index in [1.54, 1.807) is 11.8 Å². The summed E-state index contributed by atoms with van der Waals surface area (Å²) in [7, 11) is 0. The summed E-state index contributed by atoms with van der Waals surface area (Å²) < 4.78 is 0. The number of carbonyl (C=O) groups excluding carboxylic acids is 1. The Morgan fingerprint density at radius 3 is 2.14 bits per heavy atom. The predicted octanol–water partition coefficient (Wildman–Crippen LogP) is 6.85. The summed E-state index contributed by atoms with van der Waals surface area (Å²) in [5.74, 6) is 1.30. The summed E-state index contributed by atoms with van der Waals surface area (Å²) in [5, 5.41) is 6.99. The molecule has 3 nitrogen and oxygen atoms in total. The molecule has 2 aromatic rings. The molecule has 0 spiro atoms. The van der Waals surface area contributed by atoms with Crippen LogP contribution in [-0.4, -0.2) is 17.4 Å². The second-order valence-electron chi connectivity index (χ2n) is 8.07. The molecule has 0 aromatic heterocycles. The fraction of sp³-hybridized carbons (Fsp3) is 0.520. The van der Waals surface area contributed by atoms with Crippen LogP contribution in [0.1, 0.15) is 76.2 Å². The van der Waals surface area contributed by atoms with Gasteiger partial charge in [-0.15, -0.1) is 11.8 Å². The van der Waals surface area contributed by atoms with Crippen LogP contribution in [0.25, 0.3) is 10.8 Å². The van der Waals surface area contributed by atoms with Crippen molar-refractivity contribution in [3.63, 3.8) is 0 Å². The third-order valence-electron chi connectivity index (χ3n) is 5.59. The molecule has 0 bridgehead atoms. The summed E-state index contributed by atoms with van der Waals surface area (Å²) in [6.07, 6.45) is 13.9. The van der Waals surface area contributed by atoms with Crippen molar-refractivity contribution in [2.24, 2.45) is 5.10 Å². The van der Waals surface area contributed by atoms with Crippen molar-refractivity contribution in [3.8, 4) is 0 Å². The SMILES string of the molecule is O=C(CSCc1ccc2ccccc2c1)NN=C1CCCCCCCCCCC1. The van der Waals surface area contributed by atoms with Crippen molar-refractivity contribution < 1.29 is 4.79 Å². The van der Waals surface area contributed by atoms with Gasteiger partial charge in [0, 0.05) is 11.5 Å². The highest BCUT2D eigenvalue weighted by atomic mass is 32.2. The van der Waals surface area contributed by atoms with E-state index in [1.807, 2.05) is 0 Å². The van der Waals surface area contributed by atoms with Gasteiger partial charge < -0.3 is 0 Å². The largest absolute Gasteiger partial charge is 0.272 e. The van der Waals surface area contributed by atoms with Gasteiger partial charge in [0.1, 0.15) is 0 Å². The fourth-order valence-corrected chi connectivity index (χ4v) is 4.66.